The minimum Gasteiger partial charge on any atom is -0.398 e. The van der Waals surface area contributed by atoms with Gasteiger partial charge in [0, 0.05) is 29.7 Å². The molecular formula is C13H12FN3O3. The summed E-state index contributed by atoms with van der Waals surface area (Å²) in [7, 11) is 0. The van der Waals surface area contributed by atoms with Crippen molar-refractivity contribution in [3.05, 3.63) is 29.0 Å². The second-order valence-electron chi connectivity index (χ2n) is 4.30. The van der Waals surface area contributed by atoms with E-state index in [9.17, 15) is 18.8 Å². The highest BCUT2D eigenvalue weighted by Crippen LogP contribution is 2.31. The van der Waals surface area contributed by atoms with Crippen LogP contribution in [0, 0.1) is 5.82 Å². The average molecular weight is 282 g/mol. The van der Waals surface area contributed by atoms with Gasteiger partial charge in [-0.2, -0.15) is 0 Å². The third-order valence-corrected chi connectivity index (χ3v) is 3.01. The molecule has 0 spiro atoms. The van der Waals surface area contributed by atoms with Gasteiger partial charge < -0.3 is 10.6 Å². The van der Waals surface area contributed by atoms with Gasteiger partial charge in [-0.15, -0.1) is 0 Å². The number of benzene rings is 1. The van der Waals surface area contributed by atoms with Gasteiger partial charge in [-0.05, 0) is 18.5 Å². The zero-order valence-electron chi connectivity index (χ0n) is 15.0. The molecule has 1 aromatic rings. The van der Waals surface area contributed by atoms with E-state index in [1.165, 1.54) is 0 Å². The van der Waals surface area contributed by atoms with Gasteiger partial charge in [0.1, 0.15) is 11.8 Å². The highest BCUT2D eigenvalue weighted by atomic mass is 19.1. The van der Waals surface area contributed by atoms with E-state index in [0.717, 1.165) is 0 Å². The number of carbonyl (C=O) groups excluding carboxylic acids is 3. The summed E-state index contributed by atoms with van der Waals surface area (Å²) in [6.45, 7) is -2.84. The van der Waals surface area contributed by atoms with Gasteiger partial charge in [0.15, 0.2) is 0 Å². The van der Waals surface area contributed by atoms with Crippen molar-refractivity contribution in [2.45, 2.75) is 25.4 Å². The summed E-state index contributed by atoms with van der Waals surface area (Å²) in [5.74, 6) is -4.54. The van der Waals surface area contributed by atoms with Crippen LogP contribution in [0.5, 0.6) is 0 Å². The number of hydrogen-bond donors (Lipinski definition) is 2. The fraction of sp³-hybridized carbons (Fsp3) is 0.308. The molecule has 0 saturated carbocycles. The molecule has 1 saturated heterocycles. The smallest absolute Gasteiger partial charge is 0.255 e. The Hall–Kier alpha value is -2.44. The van der Waals surface area contributed by atoms with E-state index < -0.39 is 71.4 Å². The average Bonchev–Trinajstić information content (AvgIpc) is 2.73. The summed E-state index contributed by atoms with van der Waals surface area (Å²) in [6, 6.07) is -4.45. The van der Waals surface area contributed by atoms with Gasteiger partial charge >= 0.3 is 0 Å². The number of nitrogen functional groups attached to an aromatic ring is 1. The summed E-state index contributed by atoms with van der Waals surface area (Å²) in [5.41, 5.74) is 3.56. The lowest BCUT2D eigenvalue weighted by atomic mass is 10.0. The number of hydrogen-bond acceptors (Lipinski definition) is 4. The van der Waals surface area contributed by atoms with Gasteiger partial charge in [-0.3, -0.25) is 19.7 Å². The molecule has 1 fully saturated rings. The molecule has 3 rings (SSSR count). The molecule has 7 heteroatoms. The van der Waals surface area contributed by atoms with Crippen LogP contribution in [-0.4, -0.2) is 28.6 Å². The number of fused-ring (bicyclic) bond motifs is 1. The van der Waals surface area contributed by atoms with Crippen molar-refractivity contribution in [3.8, 4) is 0 Å². The summed E-state index contributed by atoms with van der Waals surface area (Å²) >= 11 is 0. The van der Waals surface area contributed by atoms with Gasteiger partial charge in [0.25, 0.3) is 5.91 Å². The molecule has 0 aliphatic carbocycles. The van der Waals surface area contributed by atoms with E-state index >= 15 is 0 Å². The monoisotopic (exact) mass is 282 g/mol. The Morgan fingerprint density at radius 2 is 2.25 bits per heavy atom. The van der Waals surface area contributed by atoms with Crippen LogP contribution in [0.15, 0.2) is 12.1 Å². The van der Waals surface area contributed by atoms with E-state index in [-0.39, 0.29) is 11.3 Å². The highest BCUT2D eigenvalue weighted by Gasteiger charge is 2.39. The molecule has 6 nitrogen and oxygen atoms in total. The Morgan fingerprint density at radius 3 is 2.95 bits per heavy atom. The van der Waals surface area contributed by atoms with Crippen LogP contribution in [0.25, 0.3) is 0 Å². The fourth-order valence-corrected chi connectivity index (χ4v) is 2.08. The number of rotatable bonds is 1. The standard InChI is InChI=1S/C13H12FN3O3/c14-6-3-7-8(9(15)4-6)5-17(13(7)20)10-1-2-11(18)16-12(10)19/h3-4,10H,1-2,5,15H2,(H,16,18,19)/t10-/m0/s1/i3D,4D,5D2,10D. The Labute approximate surface area is 120 Å². The number of nitrogens with one attached hydrogen (secondary N) is 1. The maximum absolute atomic E-state index is 13.9. The molecule has 3 N–H and O–H groups in total. The van der Waals surface area contributed by atoms with Gasteiger partial charge in [-0.25, -0.2) is 4.39 Å². The number of nitrogens with two attached hydrogens (primary N) is 1. The summed E-state index contributed by atoms with van der Waals surface area (Å²) in [5, 5.41) is 1.87. The zero-order chi connectivity index (χ0) is 18.9. The molecule has 2 aliphatic rings. The quantitative estimate of drug-likeness (QED) is 0.567. The van der Waals surface area contributed by atoms with Crippen LogP contribution in [0.2, 0.25) is 0 Å². The normalized spacial score (nSPS) is 31.8. The van der Waals surface area contributed by atoms with Crippen LogP contribution in [0.1, 0.15) is 35.6 Å². The maximum atomic E-state index is 13.9. The lowest BCUT2D eigenvalue weighted by Gasteiger charge is -2.29. The first-order valence-electron chi connectivity index (χ1n) is 8.22. The molecule has 0 radical (unpaired) electrons. The van der Waals surface area contributed by atoms with Crippen LogP contribution < -0.4 is 11.1 Å². The second kappa shape index (κ2) is 4.29. The molecule has 3 amide bonds. The fourth-order valence-electron chi connectivity index (χ4n) is 2.08. The Balaban J connectivity index is 2.25. The van der Waals surface area contributed by atoms with Gasteiger partial charge in [-0.1, -0.05) is 0 Å². The van der Waals surface area contributed by atoms with E-state index in [0.29, 0.717) is 0 Å². The molecule has 1 atom stereocenters. The molecule has 0 aromatic heterocycles. The minimum atomic E-state index is -2.84. The van der Waals surface area contributed by atoms with Crippen LogP contribution in [-0.2, 0) is 16.1 Å². The molecule has 1 aromatic carbocycles. The van der Waals surface area contributed by atoms with Crippen molar-refractivity contribution >= 4 is 23.4 Å². The Bertz CT molecular complexity index is 862. The van der Waals surface area contributed by atoms with Crippen LogP contribution in [0.4, 0.5) is 10.1 Å². The van der Waals surface area contributed by atoms with Crippen molar-refractivity contribution in [1.82, 2.24) is 10.2 Å². The van der Waals surface area contributed by atoms with E-state index in [1.807, 2.05) is 5.32 Å². The largest absolute Gasteiger partial charge is 0.398 e. The highest BCUT2D eigenvalue weighted by molar-refractivity contribution is 6.06. The van der Waals surface area contributed by atoms with Crippen LogP contribution in [0.3, 0.4) is 0 Å². The zero-order valence-corrected chi connectivity index (χ0v) is 10.0. The number of imide groups is 1. The number of piperidine rings is 1. The number of carbonyl (C=O) groups is 3. The molecule has 2 heterocycles. The molecular weight excluding hydrogens is 265 g/mol. The molecule has 2 aliphatic heterocycles. The van der Waals surface area contributed by atoms with E-state index in [4.69, 9.17) is 12.6 Å². The number of halogens is 1. The topological polar surface area (TPSA) is 92.5 Å². The summed E-state index contributed by atoms with van der Waals surface area (Å²) in [4.78, 5) is 36.4. The molecule has 0 bridgehead atoms. The second-order valence-corrected chi connectivity index (χ2v) is 4.30. The molecule has 20 heavy (non-hydrogen) atoms. The van der Waals surface area contributed by atoms with Gasteiger partial charge in [0.2, 0.25) is 11.8 Å². The summed E-state index contributed by atoms with van der Waals surface area (Å²) in [6.07, 6.45) is -0.771. The SMILES string of the molecule is [2H]c1c(N)c2c(c([2H])c1F)C(=O)N([C@@]1([2H])CCC(=O)NC1=O)C2([2H])[2H]. The van der Waals surface area contributed by atoms with Crippen molar-refractivity contribution < 1.29 is 25.6 Å². The predicted molar refractivity (Wildman–Crippen MR) is 66.9 cm³/mol. The molecule has 104 valence electrons. The number of nitrogens with zero attached hydrogens (tertiary/aromatic N) is 1. The molecule has 0 unspecified atom stereocenters. The van der Waals surface area contributed by atoms with E-state index in [2.05, 4.69) is 0 Å². The third kappa shape index (κ3) is 1.82. The Morgan fingerprint density at radius 1 is 1.50 bits per heavy atom. The van der Waals surface area contributed by atoms with E-state index in [1.54, 1.807) is 0 Å². The number of amides is 3. The number of anilines is 1. The van der Waals surface area contributed by atoms with Crippen molar-refractivity contribution in [2.75, 3.05) is 5.73 Å². The maximum Gasteiger partial charge on any atom is 0.255 e. The van der Waals surface area contributed by atoms with Crippen molar-refractivity contribution in [1.29, 1.82) is 0 Å². The lowest BCUT2D eigenvalue weighted by molar-refractivity contribution is -0.136. The van der Waals surface area contributed by atoms with Crippen molar-refractivity contribution in [3.63, 3.8) is 0 Å². The third-order valence-electron chi connectivity index (χ3n) is 3.01. The van der Waals surface area contributed by atoms with Crippen molar-refractivity contribution in [2.24, 2.45) is 0 Å². The predicted octanol–water partition coefficient (Wildman–Crippen LogP) is 0.169. The first-order chi connectivity index (χ1) is 11.4. The minimum absolute atomic E-state index is 0.250. The first kappa shape index (κ1) is 7.98. The Kier molecular flexibility index (Phi) is 1.71. The summed E-state index contributed by atoms with van der Waals surface area (Å²) < 4.78 is 53.8. The lowest BCUT2D eigenvalue weighted by Crippen LogP contribution is -2.52. The van der Waals surface area contributed by atoms with Gasteiger partial charge in [0.05, 0.1) is 6.85 Å². The van der Waals surface area contributed by atoms with Crippen LogP contribution >= 0.6 is 0 Å². The first-order valence-corrected chi connectivity index (χ1v) is 5.72.